The second kappa shape index (κ2) is 8.92. The number of hydrogen-bond donors (Lipinski definition) is 2. The molecule has 2 N–H and O–H groups in total. The first-order valence-corrected chi connectivity index (χ1v) is 8.25. The fourth-order valence-electron chi connectivity index (χ4n) is 2.49. The van der Waals surface area contributed by atoms with Crippen LogP contribution >= 0.6 is 0 Å². The summed E-state index contributed by atoms with van der Waals surface area (Å²) in [4.78, 5) is 23.5. The number of methoxy groups -OCH3 is 1. The molecular weight excluding hydrogens is 320 g/mol. The van der Waals surface area contributed by atoms with Gasteiger partial charge in [0.25, 0.3) is 0 Å². The Hall–Kier alpha value is -2.76. The number of aryl methyl sites for hydroxylation is 2. The zero-order chi connectivity index (χ0) is 18.2. The molecule has 2 aromatic rings. The minimum atomic E-state index is -0.452. The average Bonchev–Trinajstić information content (AvgIpc) is 2.99. The molecule has 0 radical (unpaired) electrons. The van der Waals surface area contributed by atoms with E-state index in [0.717, 1.165) is 12.8 Å². The number of carbonyl (C=O) groups excluding carboxylic acids is 2. The number of urea groups is 1. The van der Waals surface area contributed by atoms with Gasteiger partial charge in [-0.15, -0.1) is 0 Å². The Morgan fingerprint density at radius 3 is 2.64 bits per heavy atom. The molecule has 0 saturated heterocycles. The van der Waals surface area contributed by atoms with E-state index in [0.29, 0.717) is 17.1 Å². The van der Waals surface area contributed by atoms with Gasteiger partial charge in [-0.05, 0) is 38.3 Å². The molecule has 0 spiro atoms. The van der Waals surface area contributed by atoms with Crippen LogP contribution in [0.25, 0.3) is 0 Å². The van der Waals surface area contributed by atoms with Gasteiger partial charge in [-0.1, -0.05) is 30.3 Å². The number of benzene rings is 1. The number of nitrogens with one attached hydrogen (secondary N) is 2. The molecule has 1 aromatic carbocycles. The van der Waals surface area contributed by atoms with Crippen LogP contribution in [0.3, 0.4) is 0 Å². The van der Waals surface area contributed by atoms with Crippen LogP contribution in [0.1, 0.15) is 40.8 Å². The Kier molecular flexibility index (Phi) is 6.62. The maximum Gasteiger partial charge on any atom is 0.341 e. The first-order valence-electron chi connectivity index (χ1n) is 8.25. The summed E-state index contributed by atoms with van der Waals surface area (Å²) in [5, 5.41) is 5.62. The highest BCUT2D eigenvalue weighted by molar-refractivity contribution is 5.90. The summed E-state index contributed by atoms with van der Waals surface area (Å²) in [5.74, 6) is 0.525. The van der Waals surface area contributed by atoms with Crippen LogP contribution in [-0.4, -0.2) is 25.2 Å². The molecule has 0 aliphatic carbocycles. The quantitative estimate of drug-likeness (QED) is 0.756. The van der Waals surface area contributed by atoms with Gasteiger partial charge in [-0.25, -0.2) is 9.59 Å². The van der Waals surface area contributed by atoms with Gasteiger partial charge in [-0.3, -0.25) is 0 Å². The molecule has 134 valence electrons. The van der Waals surface area contributed by atoms with Gasteiger partial charge in [0.15, 0.2) is 0 Å². The van der Waals surface area contributed by atoms with E-state index in [1.54, 1.807) is 13.0 Å². The predicted octanol–water partition coefficient (Wildman–Crippen LogP) is 3.20. The Morgan fingerprint density at radius 1 is 1.24 bits per heavy atom. The van der Waals surface area contributed by atoms with Crippen molar-refractivity contribution in [3.05, 3.63) is 59.0 Å². The summed E-state index contributed by atoms with van der Waals surface area (Å²) in [5.41, 5.74) is 1.62. The van der Waals surface area contributed by atoms with Gasteiger partial charge in [-0.2, -0.15) is 0 Å². The van der Waals surface area contributed by atoms with Gasteiger partial charge >= 0.3 is 12.0 Å². The first-order chi connectivity index (χ1) is 12.0. The standard InChI is InChI=1S/C19H24N2O4/c1-13(9-10-15-7-5-4-6-8-15)21-19(23)20-12-16-11-17(14(2)25-16)18(22)24-3/h4-8,11,13H,9-10,12H2,1-3H3,(H2,20,21,23). The number of furan rings is 1. The number of esters is 1. The fourth-order valence-corrected chi connectivity index (χ4v) is 2.49. The van der Waals surface area contributed by atoms with Gasteiger partial charge in [0.05, 0.1) is 13.7 Å². The minimum absolute atomic E-state index is 0.0455. The molecule has 1 heterocycles. The van der Waals surface area contributed by atoms with Crippen molar-refractivity contribution in [2.24, 2.45) is 0 Å². The molecule has 0 fully saturated rings. The van der Waals surface area contributed by atoms with Crippen LogP contribution < -0.4 is 10.6 Å². The normalized spacial score (nSPS) is 11.6. The van der Waals surface area contributed by atoms with Crippen LogP contribution in [0.15, 0.2) is 40.8 Å². The van der Waals surface area contributed by atoms with E-state index in [2.05, 4.69) is 27.5 Å². The number of rotatable bonds is 7. The van der Waals surface area contributed by atoms with Crippen molar-refractivity contribution in [2.45, 2.75) is 39.3 Å². The lowest BCUT2D eigenvalue weighted by molar-refractivity contribution is 0.0598. The highest BCUT2D eigenvalue weighted by Gasteiger charge is 2.16. The molecule has 0 aliphatic heterocycles. The highest BCUT2D eigenvalue weighted by atomic mass is 16.5. The molecule has 6 nitrogen and oxygen atoms in total. The smallest absolute Gasteiger partial charge is 0.341 e. The van der Waals surface area contributed by atoms with Crippen molar-refractivity contribution in [3.63, 3.8) is 0 Å². The second-order valence-corrected chi connectivity index (χ2v) is 5.93. The minimum Gasteiger partial charge on any atom is -0.465 e. The van der Waals surface area contributed by atoms with Crippen molar-refractivity contribution in [3.8, 4) is 0 Å². The van der Waals surface area contributed by atoms with E-state index in [1.165, 1.54) is 12.7 Å². The summed E-state index contributed by atoms with van der Waals surface area (Å²) >= 11 is 0. The zero-order valence-electron chi connectivity index (χ0n) is 14.8. The van der Waals surface area contributed by atoms with Gasteiger partial charge < -0.3 is 19.8 Å². The summed E-state index contributed by atoms with van der Waals surface area (Å²) in [6.45, 7) is 3.85. The predicted molar refractivity (Wildman–Crippen MR) is 94.4 cm³/mol. The molecule has 2 rings (SSSR count). The third kappa shape index (κ3) is 5.67. The Labute approximate surface area is 147 Å². The molecule has 1 aromatic heterocycles. The Balaban J connectivity index is 1.75. The van der Waals surface area contributed by atoms with E-state index in [1.807, 2.05) is 25.1 Å². The molecule has 0 bridgehead atoms. The molecule has 2 amide bonds. The highest BCUT2D eigenvalue weighted by Crippen LogP contribution is 2.15. The summed E-state index contributed by atoms with van der Waals surface area (Å²) < 4.78 is 10.1. The maximum absolute atomic E-state index is 12.0. The summed E-state index contributed by atoms with van der Waals surface area (Å²) in [6.07, 6.45) is 1.76. The van der Waals surface area contributed by atoms with Crippen LogP contribution in [-0.2, 0) is 17.7 Å². The van der Waals surface area contributed by atoms with E-state index < -0.39 is 5.97 Å². The topological polar surface area (TPSA) is 80.6 Å². The maximum atomic E-state index is 12.0. The number of ether oxygens (including phenoxy) is 1. The first kappa shape index (κ1) is 18.6. The number of amides is 2. The van der Waals surface area contributed by atoms with E-state index in [-0.39, 0.29) is 18.6 Å². The van der Waals surface area contributed by atoms with Crippen LogP contribution in [0, 0.1) is 6.92 Å². The summed E-state index contributed by atoms with van der Waals surface area (Å²) in [7, 11) is 1.32. The molecule has 0 aliphatic rings. The fraction of sp³-hybridized carbons (Fsp3) is 0.368. The van der Waals surface area contributed by atoms with Gasteiger partial charge in [0.2, 0.25) is 0 Å². The Morgan fingerprint density at radius 2 is 1.96 bits per heavy atom. The van der Waals surface area contributed by atoms with Crippen molar-refractivity contribution in [1.82, 2.24) is 10.6 Å². The van der Waals surface area contributed by atoms with Crippen LogP contribution in [0.2, 0.25) is 0 Å². The lowest BCUT2D eigenvalue weighted by Crippen LogP contribution is -2.40. The zero-order valence-corrected chi connectivity index (χ0v) is 14.8. The molecule has 1 atom stereocenters. The van der Waals surface area contributed by atoms with Gasteiger partial charge in [0.1, 0.15) is 17.1 Å². The van der Waals surface area contributed by atoms with E-state index in [9.17, 15) is 9.59 Å². The van der Waals surface area contributed by atoms with Crippen molar-refractivity contribution >= 4 is 12.0 Å². The monoisotopic (exact) mass is 344 g/mol. The number of carbonyl (C=O) groups is 2. The summed E-state index contributed by atoms with van der Waals surface area (Å²) in [6, 6.07) is 11.5. The molecule has 6 heteroatoms. The molecule has 0 saturated carbocycles. The van der Waals surface area contributed by atoms with E-state index in [4.69, 9.17) is 4.42 Å². The third-order valence-corrected chi connectivity index (χ3v) is 3.88. The largest absolute Gasteiger partial charge is 0.465 e. The average molecular weight is 344 g/mol. The van der Waals surface area contributed by atoms with Crippen molar-refractivity contribution in [2.75, 3.05) is 7.11 Å². The van der Waals surface area contributed by atoms with Crippen LogP contribution in [0.5, 0.6) is 0 Å². The van der Waals surface area contributed by atoms with Gasteiger partial charge in [0, 0.05) is 6.04 Å². The SMILES string of the molecule is COC(=O)c1cc(CNC(=O)NC(C)CCc2ccccc2)oc1C. The molecule has 25 heavy (non-hydrogen) atoms. The third-order valence-electron chi connectivity index (χ3n) is 3.88. The van der Waals surface area contributed by atoms with E-state index >= 15 is 0 Å². The van der Waals surface area contributed by atoms with Crippen LogP contribution in [0.4, 0.5) is 4.79 Å². The molecule has 1 unspecified atom stereocenters. The lowest BCUT2D eigenvalue weighted by Gasteiger charge is -2.14. The van der Waals surface area contributed by atoms with Crippen molar-refractivity contribution < 1.29 is 18.7 Å². The second-order valence-electron chi connectivity index (χ2n) is 5.93. The lowest BCUT2D eigenvalue weighted by atomic mass is 10.1. The van der Waals surface area contributed by atoms with Crippen molar-refractivity contribution in [1.29, 1.82) is 0 Å². The number of hydrogen-bond acceptors (Lipinski definition) is 4. The molecular formula is C19H24N2O4. The Bertz CT molecular complexity index is 709.